The summed E-state index contributed by atoms with van der Waals surface area (Å²) in [4.78, 5) is 13.7. The number of imidazole rings is 1. The topological polar surface area (TPSA) is 149 Å². The first kappa shape index (κ1) is 18.6. The van der Waals surface area contributed by atoms with Gasteiger partial charge in [-0.3, -0.25) is 9.47 Å². The van der Waals surface area contributed by atoms with E-state index in [4.69, 9.17) is 16.2 Å². The molecule has 6 N–H and O–H groups in total. The molecule has 0 amide bonds. The van der Waals surface area contributed by atoms with Crippen molar-refractivity contribution in [3.63, 3.8) is 0 Å². The molecule has 1 aliphatic heterocycles. The molecule has 2 aromatic rings. The van der Waals surface area contributed by atoms with E-state index in [0.29, 0.717) is 11.2 Å². The van der Waals surface area contributed by atoms with Gasteiger partial charge < -0.3 is 26.4 Å². The molecule has 0 unspecified atom stereocenters. The van der Waals surface area contributed by atoms with Gasteiger partial charge in [0.1, 0.15) is 36.0 Å². The van der Waals surface area contributed by atoms with Gasteiger partial charge in [-0.15, -0.1) is 0 Å². The Hall–Kier alpha value is -2.18. The van der Waals surface area contributed by atoms with Gasteiger partial charge in [-0.25, -0.2) is 19.3 Å². The predicted molar refractivity (Wildman–Crippen MR) is 91.4 cm³/mol. The minimum atomic E-state index is -1.20. The van der Waals surface area contributed by atoms with E-state index in [0.717, 1.165) is 0 Å². The fourth-order valence-corrected chi connectivity index (χ4v) is 2.99. The highest BCUT2D eigenvalue weighted by Crippen LogP contribution is 2.32. The van der Waals surface area contributed by atoms with Crippen LogP contribution in [-0.4, -0.2) is 79.6 Å². The number of nitrogens with two attached hydrogens (primary N) is 2. The van der Waals surface area contributed by atoms with E-state index in [-0.39, 0.29) is 31.3 Å². The Kier molecular flexibility index (Phi) is 5.44. The third-order valence-electron chi connectivity index (χ3n) is 4.25. The summed E-state index contributed by atoms with van der Waals surface area (Å²) in [7, 11) is 1.68. The standard InChI is InChI=1S/C15H22FN7O3/c1-22(4-8(16)2-3-17)5-9-11(24)12(25)15(26-9)23-7-21-10-13(18)19-6-20-14(10)23/h2,6-7,9,11-12,15,24-25H,3-5,17H2,1H3,(H2,18,19,20)/t9-,11-,12-,15-/m1/s1. The molecule has 0 spiro atoms. The molecular weight excluding hydrogens is 345 g/mol. The molecule has 26 heavy (non-hydrogen) atoms. The number of aliphatic hydroxyl groups excluding tert-OH is 2. The average molecular weight is 367 g/mol. The number of aromatic nitrogens is 4. The van der Waals surface area contributed by atoms with Crippen LogP contribution in [0.3, 0.4) is 0 Å². The Bertz CT molecular complexity index is 799. The largest absolute Gasteiger partial charge is 0.387 e. The van der Waals surface area contributed by atoms with E-state index in [2.05, 4.69) is 15.0 Å². The number of hydrogen-bond acceptors (Lipinski definition) is 9. The lowest BCUT2D eigenvalue weighted by Gasteiger charge is -2.22. The second kappa shape index (κ2) is 7.60. The van der Waals surface area contributed by atoms with Crippen LogP contribution >= 0.6 is 0 Å². The van der Waals surface area contributed by atoms with Crippen LogP contribution in [0.25, 0.3) is 11.2 Å². The Balaban J connectivity index is 1.75. The normalized spacial score (nSPS) is 26.9. The molecule has 0 radical (unpaired) electrons. The summed E-state index contributed by atoms with van der Waals surface area (Å²) >= 11 is 0. The fraction of sp³-hybridized carbons (Fsp3) is 0.533. The van der Waals surface area contributed by atoms with Crippen LogP contribution in [0, 0.1) is 0 Å². The van der Waals surface area contributed by atoms with E-state index >= 15 is 0 Å². The zero-order chi connectivity index (χ0) is 18.8. The van der Waals surface area contributed by atoms with Gasteiger partial charge in [0, 0.05) is 19.6 Å². The Morgan fingerprint density at radius 2 is 2.15 bits per heavy atom. The second-order valence-corrected chi connectivity index (χ2v) is 6.21. The van der Waals surface area contributed by atoms with Crippen molar-refractivity contribution < 1.29 is 19.3 Å². The molecule has 142 valence electrons. The van der Waals surface area contributed by atoms with Crippen LogP contribution in [0.15, 0.2) is 24.6 Å². The van der Waals surface area contributed by atoms with Crippen LogP contribution in [0.5, 0.6) is 0 Å². The number of halogens is 1. The molecule has 1 aliphatic rings. The zero-order valence-corrected chi connectivity index (χ0v) is 14.2. The first-order valence-electron chi connectivity index (χ1n) is 8.10. The van der Waals surface area contributed by atoms with Crippen molar-refractivity contribution in [2.24, 2.45) is 5.73 Å². The molecule has 1 saturated heterocycles. The maximum Gasteiger partial charge on any atom is 0.167 e. The highest BCUT2D eigenvalue weighted by Gasteiger charge is 2.44. The van der Waals surface area contributed by atoms with Crippen LogP contribution in [0.1, 0.15) is 6.23 Å². The smallest absolute Gasteiger partial charge is 0.167 e. The molecule has 10 nitrogen and oxygen atoms in total. The summed E-state index contributed by atoms with van der Waals surface area (Å²) in [5.74, 6) is -0.160. The number of likely N-dealkylation sites (N-methyl/N-ethyl adjacent to an activating group) is 1. The van der Waals surface area contributed by atoms with Gasteiger partial charge in [-0.2, -0.15) is 0 Å². The number of aliphatic hydroxyl groups is 2. The van der Waals surface area contributed by atoms with E-state index in [9.17, 15) is 14.6 Å². The van der Waals surface area contributed by atoms with Crippen LogP contribution in [0.2, 0.25) is 0 Å². The third kappa shape index (κ3) is 3.52. The van der Waals surface area contributed by atoms with E-state index < -0.39 is 24.5 Å². The maximum absolute atomic E-state index is 13.6. The van der Waals surface area contributed by atoms with Gasteiger partial charge in [-0.1, -0.05) is 0 Å². The van der Waals surface area contributed by atoms with Gasteiger partial charge >= 0.3 is 0 Å². The minimum Gasteiger partial charge on any atom is -0.387 e. The van der Waals surface area contributed by atoms with Crippen LogP contribution in [-0.2, 0) is 4.74 Å². The van der Waals surface area contributed by atoms with E-state index in [1.807, 2.05) is 0 Å². The summed E-state index contributed by atoms with van der Waals surface area (Å²) in [6.07, 6.45) is 0.0146. The SMILES string of the molecule is CN(CC(F)=CCN)C[C@H]1O[C@@H](n2cnc3c(N)ncnc32)[C@H](O)[C@@H]1O. The van der Waals surface area contributed by atoms with Gasteiger partial charge in [0.2, 0.25) is 0 Å². The monoisotopic (exact) mass is 367 g/mol. The number of hydrogen-bond donors (Lipinski definition) is 4. The van der Waals surface area contributed by atoms with Gasteiger partial charge in [0.15, 0.2) is 17.7 Å². The first-order valence-corrected chi connectivity index (χ1v) is 8.10. The second-order valence-electron chi connectivity index (χ2n) is 6.21. The molecule has 4 atom stereocenters. The Morgan fingerprint density at radius 3 is 2.88 bits per heavy atom. The quantitative estimate of drug-likeness (QED) is 0.492. The fourth-order valence-electron chi connectivity index (χ4n) is 2.99. The lowest BCUT2D eigenvalue weighted by molar-refractivity contribution is -0.0418. The number of nitrogens with zero attached hydrogens (tertiary/aromatic N) is 5. The molecule has 0 aromatic carbocycles. The lowest BCUT2D eigenvalue weighted by atomic mass is 10.1. The first-order chi connectivity index (χ1) is 12.4. The van der Waals surface area contributed by atoms with Crippen molar-refractivity contribution >= 4 is 17.0 Å². The minimum absolute atomic E-state index is 0.0301. The van der Waals surface area contributed by atoms with Crippen molar-refractivity contribution in [2.45, 2.75) is 24.5 Å². The molecule has 0 bridgehead atoms. The third-order valence-corrected chi connectivity index (χ3v) is 4.25. The number of anilines is 1. The average Bonchev–Trinajstić information content (AvgIpc) is 3.12. The van der Waals surface area contributed by atoms with Crippen molar-refractivity contribution in [1.29, 1.82) is 0 Å². The summed E-state index contributed by atoms with van der Waals surface area (Å²) in [6, 6.07) is 0. The molecule has 0 saturated carbocycles. The van der Waals surface area contributed by atoms with Crippen LogP contribution in [0.4, 0.5) is 10.2 Å². The van der Waals surface area contributed by atoms with Gasteiger partial charge in [0.05, 0.1) is 6.33 Å². The Morgan fingerprint density at radius 1 is 1.38 bits per heavy atom. The van der Waals surface area contributed by atoms with E-state index in [1.165, 1.54) is 23.3 Å². The lowest BCUT2D eigenvalue weighted by Crippen LogP contribution is -2.39. The summed E-state index contributed by atoms with van der Waals surface area (Å²) in [5.41, 5.74) is 11.8. The predicted octanol–water partition coefficient (Wildman–Crippen LogP) is -1.23. The molecule has 2 aromatic heterocycles. The maximum atomic E-state index is 13.6. The summed E-state index contributed by atoms with van der Waals surface area (Å²) in [5, 5.41) is 20.7. The molecule has 11 heteroatoms. The Labute approximate surface area is 148 Å². The van der Waals surface area contributed by atoms with Crippen molar-refractivity contribution in [2.75, 3.05) is 32.4 Å². The summed E-state index contributed by atoms with van der Waals surface area (Å²) < 4.78 is 20.9. The van der Waals surface area contributed by atoms with Gasteiger partial charge in [0.25, 0.3) is 0 Å². The molecule has 0 aliphatic carbocycles. The number of ether oxygens (including phenoxy) is 1. The highest BCUT2D eigenvalue weighted by atomic mass is 19.1. The number of fused-ring (bicyclic) bond motifs is 1. The van der Waals surface area contributed by atoms with Crippen LogP contribution < -0.4 is 11.5 Å². The molecule has 1 fully saturated rings. The van der Waals surface area contributed by atoms with Crippen molar-refractivity contribution in [1.82, 2.24) is 24.4 Å². The van der Waals surface area contributed by atoms with Gasteiger partial charge in [-0.05, 0) is 13.1 Å². The number of nitrogen functional groups attached to an aromatic ring is 1. The number of rotatable bonds is 6. The van der Waals surface area contributed by atoms with Crippen molar-refractivity contribution in [3.05, 3.63) is 24.6 Å². The zero-order valence-electron chi connectivity index (χ0n) is 14.2. The van der Waals surface area contributed by atoms with E-state index in [1.54, 1.807) is 11.9 Å². The molecule has 3 heterocycles. The molecule has 3 rings (SSSR count). The summed E-state index contributed by atoms with van der Waals surface area (Å²) in [6.45, 7) is 0.355. The molecular formula is C15H22FN7O3. The van der Waals surface area contributed by atoms with Crippen molar-refractivity contribution in [3.8, 4) is 0 Å². The highest BCUT2D eigenvalue weighted by molar-refractivity contribution is 5.81.